The molecule has 25 heavy (non-hydrogen) atoms. The largest absolute Gasteiger partial charge is 0.493 e. The zero-order valence-electron chi connectivity index (χ0n) is 14.3. The van der Waals surface area contributed by atoms with E-state index >= 15 is 0 Å². The van der Waals surface area contributed by atoms with Crippen molar-refractivity contribution in [3.63, 3.8) is 0 Å². The smallest absolute Gasteiger partial charge is 0.250 e. The maximum Gasteiger partial charge on any atom is 0.250 e. The lowest BCUT2D eigenvalue weighted by atomic mass is 10.2. The Morgan fingerprint density at radius 3 is 2.36 bits per heavy atom. The van der Waals surface area contributed by atoms with Crippen molar-refractivity contribution in [1.29, 1.82) is 0 Å². The van der Waals surface area contributed by atoms with E-state index in [0.717, 1.165) is 16.8 Å². The number of rotatable bonds is 5. The number of benzene rings is 2. The number of amides is 1. The summed E-state index contributed by atoms with van der Waals surface area (Å²) in [6.07, 6.45) is 3.08. The maximum absolute atomic E-state index is 12.0. The van der Waals surface area contributed by atoms with Gasteiger partial charge in [0.25, 0.3) is 0 Å². The van der Waals surface area contributed by atoms with Crippen LogP contribution in [0.3, 0.4) is 0 Å². The molecule has 0 aliphatic rings. The number of carbonyl (C=O) groups excluding carboxylic acids is 1. The molecule has 2 aromatic carbocycles. The minimum Gasteiger partial charge on any atom is -0.493 e. The SMILES string of the molecule is COc1ccc(/C=C/C(=O)NC(=S)Nc2ccc(C)cc2)cc1OC. The first kappa shape index (κ1) is 18.5. The Morgan fingerprint density at radius 2 is 1.72 bits per heavy atom. The highest BCUT2D eigenvalue weighted by Crippen LogP contribution is 2.27. The summed E-state index contributed by atoms with van der Waals surface area (Å²) in [6, 6.07) is 13.1. The van der Waals surface area contributed by atoms with Crippen LogP contribution in [0.1, 0.15) is 11.1 Å². The second-order valence-corrected chi connectivity index (χ2v) is 5.67. The van der Waals surface area contributed by atoms with Crippen LogP contribution < -0.4 is 20.1 Å². The molecule has 0 aliphatic carbocycles. The van der Waals surface area contributed by atoms with Gasteiger partial charge in [0.2, 0.25) is 5.91 Å². The van der Waals surface area contributed by atoms with Crippen LogP contribution in [0.2, 0.25) is 0 Å². The molecular formula is C19H20N2O3S. The van der Waals surface area contributed by atoms with Crippen LogP contribution in [0.15, 0.2) is 48.5 Å². The van der Waals surface area contributed by atoms with Gasteiger partial charge in [-0.25, -0.2) is 0 Å². The molecule has 0 atom stereocenters. The predicted molar refractivity (Wildman–Crippen MR) is 104 cm³/mol. The first-order chi connectivity index (χ1) is 12.0. The van der Waals surface area contributed by atoms with Crippen molar-refractivity contribution >= 4 is 35.0 Å². The van der Waals surface area contributed by atoms with Crippen molar-refractivity contribution in [2.24, 2.45) is 0 Å². The Bertz CT molecular complexity index is 786. The summed E-state index contributed by atoms with van der Waals surface area (Å²) in [5.74, 6) is 0.911. The van der Waals surface area contributed by atoms with E-state index < -0.39 is 0 Å². The molecule has 0 aliphatic heterocycles. The van der Waals surface area contributed by atoms with Gasteiger partial charge in [0.1, 0.15) is 0 Å². The van der Waals surface area contributed by atoms with E-state index in [4.69, 9.17) is 21.7 Å². The highest BCUT2D eigenvalue weighted by Gasteiger charge is 2.04. The van der Waals surface area contributed by atoms with Gasteiger partial charge in [-0.1, -0.05) is 23.8 Å². The minimum absolute atomic E-state index is 0.241. The number of anilines is 1. The number of ether oxygens (including phenoxy) is 2. The molecular weight excluding hydrogens is 336 g/mol. The zero-order valence-corrected chi connectivity index (χ0v) is 15.1. The molecule has 130 valence electrons. The first-order valence-electron chi connectivity index (χ1n) is 7.60. The monoisotopic (exact) mass is 356 g/mol. The van der Waals surface area contributed by atoms with Gasteiger partial charge in [0.05, 0.1) is 14.2 Å². The molecule has 0 saturated heterocycles. The van der Waals surface area contributed by atoms with Gasteiger partial charge in [0, 0.05) is 11.8 Å². The average molecular weight is 356 g/mol. The molecule has 1 amide bonds. The van der Waals surface area contributed by atoms with E-state index in [1.807, 2.05) is 37.3 Å². The van der Waals surface area contributed by atoms with Gasteiger partial charge in [-0.3, -0.25) is 10.1 Å². The molecule has 5 nitrogen and oxygen atoms in total. The molecule has 0 radical (unpaired) electrons. The molecule has 0 spiro atoms. The van der Waals surface area contributed by atoms with Gasteiger partial charge in [-0.15, -0.1) is 0 Å². The van der Waals surface area contributed by atoms with Gasteiger partial charge in [0.15, 0.2) is 16.6 Å². The normalized spacial score (nSPS) is 10.4. The molecule has 2 N–H and O–H groups in total. The standard InChI is InChI=1S/C19H20N2O3S/c1-13-4-8-15(9-5-13)20-19(25)21-18(22)11-7-14-6-10-16(23-2)17(12-14)24-3/h4-12H,1-3H3,(H2,20,21,22,25)/b11-7+. The van der Waals surface area contributed by atoms with Crippen molar-refractivity contribution in [3.05, 3.63) is 59.7 Å². The van der Waals surface area contributed by atoms with Crippen LogP contribution in [-0.2, 0) is 4.79 Å². The fourth-order valence-corrected chi connectivity index (χ4v) is 2.30. The summed E-state index contributed by atoms with van der Waals surface area (Å²) in [4.78, 5) is 12.0. The van der Waals surface area contributed by atoms with Gasteiger partial charge >= 0.3 is 0 Å². The quantitative estimate of drug-likeness (QED) is 0.634. The predicted octanol–water partition coefficient (Wildman–Crippen LogP) is 3.54. The van der Waals surface area contributed by atoms with Crippen LogP contribution in [0.5, 0.6) is 11.5 Å². The van der Waals surface area contributed by atoms with Crippen LogP contribution in [0.25, 0.3) is 6.08 Å². The lowest BCUT2D eigenvalue weighted by Crippen LogP contribution is -2.32. The summed E-state index contributed by atoms with van der Waals surface area (Å²) in [6.45, 7) is 2.00. The molecule has 0 unspecified atom stereocenters. The zero-order chi connectivity index (χ0) is 18.2. The molecule has 2 rings (SSSR count). The summed E-state index contributed by atoms with van der Waals surface area (Å²) < 4.78 is 10.4. The number of methoxy groups -OCH3 is 2. The Kier molecular flexibility index (Phi) is 6.54. The molecule has 6 heteroatoms. The molecule has 0 aromatic heterocycles. The summed E-state index contributed by atoms with van der Waals surface area (Å²) >= 11 is 5.13. The maximum atomic E-state index is 12.0. The Balaban J connectivity index is 1.93. The van der Waals surface area contributed by atoms with Crippen molar-refractivity contribution in [1.82, 2.24) is 5.32 Å². The molecule has 0 saturated carbocycles. The molecule has 0 heterocycles. The number of hydrogen-bond donors (Lipinski definition) is 2. The lowest BCUT2D eigenvalue weighted by molar-refractivity contribution is -0.115. The van der Waals surface area contributed by atoms with E-state index in [2.05, 4.69) is 10.6 Å². The number of carbonyl (C=O) groups is 1. The number of hydrogen-bond acceptors (Lipinski definition) is 4. The van der Waals surface area contributed by atoms with Crippen LogP contribution in [0, 0.1) is 6.92 Å². The fraction of sp³-hybridized carbons (Fsp3) is 0.158. The van der Waals surface area contributed by atoms with Crippen LogP contribution in [-0.4, -0.2) is 25.2 Å². The summed E-state index contributed by atoms with van der Waals surface area (Å²) in [5, 5.41) is 5.81. The number of aryl methyl sites for hydroxylation is 1. The highest BCUT2D eigenvalue weighted by molar-refractivity contribution is 7.80. The second-order valence-electron chi connectivity index (χ2n) is 5.26. The van der Waals surface area contributed by atoms with Crippen molar-refractivity contribution in [3.8, 4) is 11.5 Å². The molecule has 0 fully saturated rings. The van der Waals surface area contributed by atoms with Crippen LogP contribution >= 0.6 is 12.2 Å². The van der Waals surface area contributed by atoms with Crippen molar-refractivity contribution in [2.45, 2.75) is 6.92 Å². The molecule has 0 bridgehead atoms. The average Bonchev–Trinajstić information content (AvgIpc) is 2.61. The molecule has 2 aromatic rings. The third-order valence-corrected chi connectivity index (χ3v) is 3.59. The van der Waals surface area contributed by atoms with E-state index in [0.29, 0.717) is 11.5 Å². The Labute approximate surface area is 152 Å². The number of thiocarbonyl (C=S) groups is 1. The Hall–Kier alpha value is -2.86. The summed E-state index contributed by atoms with van der Waals surface area (Å²) in [7, 11) is 3.13. The van der Waals surface area contributed by atoms with E-state index in [-0.39, 0.29) is 11.0 Å². The van der Waals surface area contributed by atoms with Gasteiger partial charge in [-0.05, 0) is 55.0 Å². The first-order valence-corrected chi connectivity index (χ1v) is 8.01. The van der Waals surface area contributed by atoms with E-state index in [1.165, 1.54) is 6.08 Å². The van der Waals surface area contributed by atoms with Crippen LogP contribution in [0.4, 0.5) is 5.69 Å². The second kappa shape index (κ2) is 8.84. The third kappa shape index (κ3) is 5.61. The van der Waals surface area contributed by atoms with Gasteiger partial charge in [-0.2, -0.15) is 0 Å². The minimum atomic E-state index is -0.320. The topological polar surface area (TPSA) is 59.6 Å². The highest BCUT2D eigenvalue weighted by atomic mass is 32.1. The van der Waals surface area contributed by atoms with E-state index in [9.17, 15) is 4.79 Å². The fourth-order valence-electron chi connectivity index (χ4n) is 2.08. The van der Waals surface area contributed by atoms with E-state index in [1.54, 1.807) is 32.4 Å². The van der Waals surface area contributed by atoms with Crippen molar-refractivity contribution < 1.29 is 14.3 Å². The lowest BCUT2D eigenvalue weighted by Gasteiger charge is -2.09. The Morgan fingerprint density at radius 1 is 1.04 bits per heavy atom. The number of nitrogens with one attached hydrogen (secondary N) is 2. The summed E-state index contributed by atoms with van der Waals surface area (Å²) in [5.41, 5.74) is 2.78. The third-order valence-electron chi connectivity index (χ3n) is 3.38. The van der Waals surface area contributed by atoms with Crippen molar-refractivity contribution in [2.75, 3.05) is 19.5 Å². The van der Waals surface area contributed by atoms with Gasteiger partial charge < -0.3 is 14.8 Å².